The van der Waals surface area contributed by atoms with E-state index in [1.54, 1.807) is 31.1 Å². The van der Waals surface area contributed by atoms with Gasteiger partial charge in [0, 0.05) is 12.6 Å². The van der Waals surface area contributed by atoms with Crippen molar-refractivity contribution in [2.45, 2.75) is 52.2 Å². The third-order valence-corrected chi connectivity index (χ3v) is 4.95. The molecular weight excluding hydrogens is 371 g/mol. The Balaban J connectivity index is 2.21. The zero-order valence-corrected chi connectivity index (χ0v) is 17.4. The van der Waals surface area contributed by atoms with Crippen LogP contribution >= 0.6 is 0 Å². The lowest BCUT2D eigenvalue weighted by atomic mass is 10.1. The molecule has 0 fully saturated rings. The summed E-state index contributed by atoms with van der Waals surface area (Å²) in [6.07, 6.45) is 0.901. The molecule has 5 nitrogen and oxygen atoms in total. The quantitative estimate of drug-likeness (QED) is 0.698. The molecule has 0 bridgehead atoms. The van der Waals surface area contributed by atoms with Crippen LogP contribution in [0.2, 0.25) is 0 Å². The van der Waals surface area contributed by atoms with Crippen LogP contribution in [0.15, 0.2) is 48.5 Å². The number of hydrogen-bond acceptors (Lipinski definition) is 3. The lowest BCUT2D eigenvalue weighted by molar-refractivity contribution is -0.140. The summed E-state index contributed by atoms with van der Waals surface area (Å²) in [6.45, 7) is 5.94. The Morgan fingerprint density at radius 3 is 2.17 bits per heavy atom. The Hall–Kier alpha value is -2.89. The number of methoxy groups -OCH3 is 1. The molecule has 6 heteroatoms. The fourth-order valence-corrected chi connectivity index (χ4v) is 2.85. The number of amides is 2. The predicted molar refractivity (Wildman–Crippen MR) is 111 cm³/mol. The van der Waals surface area contributed by atoms with Gasteiger partial charge in [-0.3, -0.25) is 9.59 Å². The van der Waals surface area contributed by atoms with Crippen molar-refractivity contribution >= 4 is 11.8 Å². The minimum Gasteiger partial charge on any atom is -0.497 e. The molecule has 2 aromatic carbocycles. The lowest BCUT2D eigenvalue weighted by Crippen LogP contribution is -2.49. The molecule has 0 radical (unpaired) electrons. The summed E-state index contributed by atoms with van der Waals surface area (Å²) in [6, 6.07) is 12.6. The fraction of sp³-hybridized carbons (Fsp3) is 0.391. The lowest BCUT2D eigenvalue weighted by Gasteiger charge is -2.30. The molecule has 0 spiro atoms. The van der Waals surface area contributed by atoms with E-state index in [0.29, 0.717) is 12.1 Å². The second-order valence-corrected chi connectivity index (χ2v) is 7.17. The van der Waals surface area contributed by atoms with Crippen LogP contribution < -0.4 is 10.1 Å². The fourth-order valence-electron chi connectivity index (χ4n) is 2.85. The summed E-state index contributed by atoms with van der Waals surface area (Å²) < 4.78 is 18.3. The first kappa shape index (κ1) is 22.4. The van der Waals surface area contributed by atoms with Crippen LogP contribution in [-0.2, 0) is 22.6 Å². The highest BCUT2D eigenvalue weighted by Crippen LogP contribution is 2.16. The Morgan fingerprint density at radius 2 is 1.62 bits per heavy atom. The molecule has 2 aromatic rings. The first-order valence-corrected chi connectivity index (χ1v) is 9.81. The van der Waals surface area contributed by atoms with Crippen LogP contribution in [0.4, 0.5) is 4.39 Å². The van der Waals surface area contributed by atoms with Crippen molar-refractivity contribution in [3.8, 4) is 5.75 Å². The average molecular weight is 400 g/mol. The number of carbonyl (C=O) groups is 2. The molecule has 0 aliphatic carbocycles. The van der Waals surface area contributed by atoms with E-state index in [4.69, 9.17) is 4.74 Å². The van der Waals surface area contributed by atoms with E-state index >= 15 is 0 Å². The molecule has 0 heterocycles. The number of rotatable bonds is 9. The zero-order chi connectivity index (χ0) is 21.4. The van der Waals surface area contributed by atoms with Crippen LogP contribution in [0.5, 0.6) is 5.75 Å². The van der Waals surface area contributed by atoms with Gasteiger partial charge in [-0.2, -0.15) is 0 Å². The van der Waals surface area contributed by atoms with Crippen molar-refractivity contribution in [3.05, 3.63) is 65.5 Å². The van der Waals surface area contributed by atoms with E-state index in [1.807, 2.05) is 38.1 Å². The van der Waals surface area contributed by atoms with Gasteiger partial charge in [0.15, 0.2) is 0 Å². The largest absolute Gasteiger partial charge is 0.497 e. The van der Waals surface area contributed by atoms with Gasteiger partial charge in [0.25, 0.3) is 0 Å². The SMILES string of the molecule is CC[C@H](C)NC(=O)[C@@H](C)N(Cc1ccc(OC)cc1)C(=O)Cc1ccc(F)cc1. The van der Waals surface area contributed by atoms with E-state index in [2.05, 4.69) is 5.32 Å². The Labute approximate surface area is 171 Å². The molecule has 0 saturated carbocycles. The molecule has 2 atom stereocenters. The molecule has 29 heavy (non-hydrogen) atoms. The van der Waals surface area contributed by atoms with Gasteiger partial charge in [0.2, 0.25) is 11.8 Å². The number of carbonyl (C=O) groups excluding carboxylic acids is 2. The Kier molecular flexibility index (Phi) is 8.19. The van der Waals surface area contributed by atoms with E-state index < -0.39 is 6.04 Å². The van der Waals surface area contributed by atoms with Crippen molar-refractivity contribution in [1.29, 1.82) is 0 Å². The van der Waals surface area contributed by atoms with E-state index in [1.165, 1.54) is 12.1 Å². The molecule has 0 saturated heterocycles. The van der Waals surface area contributed by atoms with E-state index in [-0.39, 0.29) is 30.1 Å². The van der Waals surface area contributed by atoms with Gasteiger partial charge in [-0.25, -0.2) is 4.39 Å². The maximum atomic E-state index is 13.2. The second kappa shape index (κ2) is 10.6. The van der Waals surface area contributed by atoms with Crippen LogP contribution in [0.25, 0.3) is 0 Å². The van der Waals surface area contributed by atoms with Gasteiger partial charge in [-0.1, -0.05) is 31.2 Å². The van der Waals surface area contributed by atoms with Crippen LogP contribution in [0.3, 0.4) is 0 Å². The highest BCUT2D eigenvalue weighted by Gasteiger charge is 2.26. The monoisotopic (exact) mass is 400 g/mol. The molecule has 0 aliphatic heterocycles. The van der Waals surface area contributed by atoms with Gasteiger partial charge < -0.3 is 15.0 Å². The third-order valence-electron chi connectivity index (χ3n) is 4.95. The molecule has 156 valence electrons. The van der Waals surface area contributed by atoms with Gasteiger partial charge in [0.1, 0.15) is 17.6 Å². The van der Waals surface area contributed by atoms with Gasteiger partial charge in [-0.15, -0.1) is 0 Å². The van der Waals surface area contributed by atoms with E-state index in [0.717, 1.165) is 17.7 Å². The molecule has 2 amide bonds. The van der Waals surface area contributed by atoms with Crippen LogP contribution in [0.1, 0.15) is 38.3 Å². The Bertz CT molecular complexity index is 806. The summed E-state index contributed by atoms with van der Waals surface area (Å²) in [7, 11) is 1.59. The predicted octanol–water partition coefficient (Wildman–Crippen LogP) is 3.71. The van der Waals surface area contributed by atoms with Crippen LogP contribution in [0, 0.1) is 5.82 Å². The zero-order valence-electron chi connectivity index (χ0n) is 17.4. The number of ether oxygens (including phenoxy) is 1. The summed E-state index contributed by atoms with van der Waals surface area (Å²) in [4.78, 5) is 27.3. The maximum Gasteiger partial charge on any atom is 0.242 e. The normalized spacial score (nSPS) is 12.7. The molecule has 0 aliphatic rings. The maximum absolute atomic E-state index is 13.2. The van der Waals surface area contributed by atoms with Crippen LogP contribution in [-0.4, -0.2) is 35.9 Å². The third kappa shape index (κ3) is 6.59. The van der Waals surface area contributed by atoms with Crippen molar-refractivity contribution in [2.75, 3.05) is 7.11 Å². The molecule has 0 unspecified atom stereocenters. The number of hydrogen-bond donors (Lipinski definition) is 1. The topological polar surface area (TPSA) is 58.6 Å². The molecule has 1 N–H and O–H groups in total. The van der Waals surface area contributed by atoms with Crippen molar-refractivity contribution in [1.82, 2.24) is 10.2 Å². The number of halogens is 1. The highest BCUT2D eigenvalue weighted by atomic mass is 19.1. The summed E-state index contributed by atoms with van der Waals surface area (Å²) >= 11 is 0. The second-order valence-electron chi connectivity index (χ2n) is 7.17. The summed E-state index contributed by atoms with van der Waals surface area (Å²) in [5, 5.41) is 2.94. The van der Waals surface area contributed by atoms with Gasteiger partial charge >= 0.3 is 0 Å². The highest BCUT2D eigenvalue weighted by molar-refractivity contribution is 5.88. The molecule has 2 rings (SSSR count). The van der Waals surface area contributed by atoms with Gasteiger partial charge in [-0.05, 0) is 55.7 Å². The van der Waals surface area contributed by atoms with Gasteiger partial charge in [0.05, 0.1) is 13.5 Å². The molecule has 0 aromatic heterocycles. The van der Waals surface area contributed by atoms with Crippen molar-refractivity contribution in [3.63, 3.8) is 0 Å². The minimum atomic E-state index is -0.640. The van der Waals surface area contributed by atoms with Crippen molar-refractivity contribution in [2.24, 2.45) is 0 Å². The number of nitrogens with zero attached hydrogens (tertiary/aromatic N) is 1. The van der Waals surface area contributed by atoms with Crippen molar-refractivity contribution < 1.29 is 18.7 Å². The Morgan fingerprint density at radius 1 is 1.03 bits per heavy atom. The minimum absolute atomic E-state index is 0.0278. The average Bonchev–Trinajstić information content (AvgIpc) is 2.73. The first-order chi connectivity index (χ1) is 13.8. The molecular formula is C23H29FN2O3. The standard InChI is InChI=1S/C23H29FN2O3/c1-5-16(2)25-23(28)17(3)26(15-19-8-12-21(29-4)13-9-19)22(27)14-18-6-10-20(24)11-7-18/h6-13,16-17H,5,14-15H2,1-4H3,(H,25,28)/t16-,17+/m0/s1. The number of nitrogens with one attached hydrogen (secondary N) is 1. The summed E-state index contributed by atoms with van der Waals surface area (Å²) in [5.74, 6) is -0.0161. The van der Waals surface area contributed by atoms with E-state index in [9.17, 15) is 14.0 Å². The smallest absolute Gasteiger partial charge is 0.242 e. The number of benzene rings is 2. The first-order valence-electron chi connectivity index (χ1n) is 9.81. The summed E-state index contributed by atoms with van der Waals surface area (Å²) in [5.41, 5.74) is 1.59.